The van der Waals surface area contributed by atoms with Crippen molar-refractivity contribution in [3.8, 4) is 0 Å². The molecule has 1 amide bonds. The molecule has 0 radical (unpaired) electrons. The molecule has 1 aromatic carbocycles. The molecule has 0 saturated heterocycles. The summed E-state index contributed by atoms with van der Waals surface area (Å²) >= 11 is 0. The molecule has 1 aromatic rings. The lowest BCUT2D eigenvalue weighted by Gasteiger charge is -2.37. The summed E-state index contributed by atoms with van der Waals surface area (Å²) in [7, 11) is -1.85. The van der Waals surface area contributed by atoms with E-state index in [1.807, 2.05) is 30.3 Å². The van der Waals surface area contributed by atoms with Crippen LogP contribution in [-0.2, 0) is 15.8 Å². The molecule has 6 heteroatoms. The number of rotatable bonds is 8. The predicted octanol–water partition coefficient (Wildman–Crippen LogP) is 3.65. The number of carbonyl (C=O) groups is 1. The van der Waals surface area contributed by atoms with Crippen molar-refractivity contribution in [2.75, 3.05) is 13.2 Å². The molecule has 0 unspecified atom stereocenters. The van der Waals surface area contributed by atoms with Crippen LogP contribution in [0.1, 0.15) is 32.8 Å². The van der Waals surface area contributed by atoms with E-state index in [0.717, 1.165) is 5.56 Å². The van der Waals surface area contributed by atoms with Crippen molar-refractivity contribution in [2.24, 2.45) is 5.73 Å². The standard InChI is InChI=1S/C18H32N2O3Si/c1-18(2,3)24(4,5)23-14-16(11-12-19)20-17(21)22-13-15-9-7-6-8-10-15/h6-10,16H,11-14,19H2,1-5H3,(H,20,21)/t16-/m0/s1. The maximum absolute atomic E-state index is 12.0. The van der Waals surface area contributed by atoms with Crippen molar-refractivity contribution < 1.29 is 14.0 Å². The van der Waals surface area contributed by atoms with E-state index in [-0.39, 0.29) is 17.7 Å². The Bertz CT molecular complexity index is 501. The Balaban J connectivity index is 2.48. The highest BCUT2D eigenvalue weighted by atomic mass is 28.4. The van der Waals surface area contributed by atoms with Crippen LogP contribution in [-0.4, -0.2) is 33.6 Å². The highest BCUT2D eigenvalue weighted by Gasteiger charge is 2.37. The molecular weight excluding hydrogens is 320 g/mol. The lowest BCUT2D eigenvalue weighted by atomic mass is 10.2. The van der Waals surface area contributed by atoms with Gasteiger partial charge in [-0.1, -0.05) is 51.1 Å². The van der Waals surface area contributed by atoms with Gasteiger partial charge in [0, 0.05) is 0 Å². The van der Waals surface area contributed by atoms with Crippen LogP contribution in [0.2, 0.25) is 18.1 Å². The number of hydrogen-bond donors (Lipinski definition) is 2. The maximum atomic E-state index is 12.0. The Labute approximate surface area is 147 Å². The fourth-order valence-corrected chi connectivity index (χ4v) is 2.91. The van der Waals surface area contributed by atoms with Crippen molar-refractivity contribution >= 4 is 14.4 Å². The van der Waals surface area contributed by atoms with Gasteiger partial charge in [0.25, 0.3) is 0 Å². The number of nitrogens with two attached hydrogens (primary N) is 1. The Kier molecular flexibility index (Phi) is 7.92. The Hall–Kier alpha value is -1.37. The van der Waals surface area contributed by atoms with Gasteiger partial charge in [-0.25, -0.2) is 4.79 Å². The molecule has 5 nitrogen and oxygen atoms in total. The molecule has 0 aromatic heterocycles. The van der Waals surface area contributed by atoms with Crippen LogP contribution in [0, 0.1) is 0 Å². The van der Waals surface area contributed by atoms with Crippen molar-refractivity contribution in [3.63, 3.8) is 0 Å². The van der Waals surface area contributed by atoms with Gasteiger partial charge < -0.3 is 20.2 Å². The molecule has 24 heavy (non-hydrogen) atoms. The molecule has 0 bridgehead atoms. The summed E-state index contributed by atoms with van der Waals surface area (Å²) in [5.74, 6) is 0. The summed E-state index contributed by atoms with van der Waals surface area (Å²) in [6, 6.07) is 9.48. The number of nitrogens with one attached hydrogen (secondary N) is 1. The molecule has 0 saturated carbocycles. The summed E-state index contributed by atoms with van der Waals surface area (Å²) in [4.78, 5) is 12.0. The summed E-state index contributed by atoms with van der Waals surface area (Å²) in [6.07, 6.45) is 0.228. The molecule has 136 valence electrons. The summed E-state index contributed by atoms with van der Waals surface area (Å²) in [5, 5.41) is 3.00. The molecule has 0 fully saturated rings. The number of ether oxygens (including phenoxy) is 1. The second-order valence-corrected chi connectivity index (χ2v) is 12.4. The van der Waals surface area contributed by atoms with Crippen molar-refractivity contribution in [3.05, 3.63) is 35.9 Å². The third kappa shape index (κ3) is 7.03. The van der Waals surface area contributed by atoms with E-state index in [2.05, 4.69) is 39.2 Å². The highest BCUT2D eigenvalue weighted by Crippen LogP contribution is 2.36. The molecule has 0 aliphatic carbocycles. The van der Waals surface area contributed by atoms with Gasteiger partial charge >= 0.3 is 6.09 Å². The van der Waals surface area contributed by atoms with Crippen LogP contribution in [0.25, 0.3) is 0 Å². The second kappa shape index (κ2) is 9.20. The molecule has 0 heterocycles. The van der Waals surface area contributed by atoms with E-state index in [1.54, 1.807) is 0 Å². The van der Waals surface area contributed by atoms with Gasteiger partial charge in [-0.05, 0) is 36.7 Å². The average Bonchev–Trinajstić information content (AvgIpc) is 2.51. The molecule has 1 atom stereocenters. The van der Waals surface area contributed by atoms with E-state index in [0.29, 0.717) is 19.6 Å². The lowest BCUT2D eigenvalue weighted by molar-refractivity contribution is 0.129. The molecule has 0 aliphatic rings. The average molecular weight is 353 g/mol. The zero-order valence-corrected chi connectivity index (χ0v) is 16.6. The Morgan fingerprint density at radius 2 is 1.88 bits per heavy atom. The van der Waals surface area contributed by atoms with Gasteiger partial charge in [0.05, 0.1) is 12.6 Å². The van der Waals surface area contributed by atoms with Crippen molar-refractivity contribution in [1.29, 1.82) is 0 Å². The third-order valence-corrected chi connectivity index (χ3v) is 9.00. The van der Waals surface area contributed by atoms with E-state index in [9.17, 15) is 4.79 Å². The van der Waals surface area contributed by atoms with Crippen LogP contribution in [0.3, 0.4) is 0 Å². The maximum Gasteiger partial charge on any atom is 0.407 e. The summed E-state index contributed by atoms with van der Waals surface area (Å²) < 4.78 is 11.5. The quantitative estimate of drug-likeness (QED) is 0.700. The molecule has 0 spiro atoms. The number of alkyl carbamates (subject to hydrolysis) is 1. The Morgan fingerprint density at radius 1 is 1.25 bits per heavy atom. The van der Waals surface area contributed by atoms with E-state index in [4.69, 9.17) is 14.9 Å². The third-order valence-electron chi connectivity index (χ3n) is 4.50. The zero-order chi connectivity index (χ0) is 18.2. The minimum atomic E-state index is -1.85. The number of carbonyl (C=O) groups excluding carboxylic acids is 1. The van der Waals surface area contributed by atoms with E-state index in [1.165, 1.54) is 0 Å². The normalized spacial score (nSPS) is 13.4. The number of hydrogen-bond acceptors (Lipinski definition) is 4. The Morgan fingerprint density at radius 3 is 2.42 bits per heavy atom. The van der Waals surface area contributed by atoms with Crippen LogP contribution < -0.4 is 11.1 Å². The van der Waals surface area contributed by atoms with Gasteiger partial charge in [-0.3, -0.25) is 0 Å². The highest BCUT2D eigenvalue weighted by molar-refractivity contribution is 6.74. The van der Waals surface area contributed by atoms with E-state index >= 15 is 0 Å². The molecule has 1 rings (SSSR count). The van der Waals surface area contributed by atoms with Crippen LogP contribution in [0.15, 0.2) is 30.3 Å². The molecule has 3 N–H and O–H groups in total. The smallest absolute Gasteiger partial charge is 0.407 e. The largest absolute Gasteiger partial charge is 0.445 e. The first kappa shape index (κ1) is 20.7. The first-order chi connectivity index (χ1) is 11.2. The van der Waals surface area contributed by atoms with Gasteiger partial charge in [0.1, 0.15) is 6.61 Å². The molecule has 0 aliphatic heterocycles. The first-order valence-electron chi connectivity index (χ1n) is 8.47. The van der Waals surface area contributed by atoms with Crippen molar-refractivity contribution in [2.45, 2.75) is 58.0 Å². The number of benzene rings is 1. The fraction of sp³-hybridized carbons (Fsp3) is 0.611. The van der Waals surface area contributed by atoms with Crippen LogP contribution in [0.5, 0.6) is 0 Å². The monoisotopic (exact) mass is 352 g/mol. The topological polar surface area (TPSA) is 73.6 Å². The van der Waals surface area contributed by atoms with E-state index < -0.39 is 14.4 Å². The SMILES string of the molecule is CC(C)(C)[Si](C)(C)OC[C@H](CCN)NC(=O)OCc1ccccc1. The van der Waals surface area contributed by atoms with Crippen LogP contribution in [0.4, 0.5) is 4.79 Å². The minimum absolute atomic E-state index is 0.132. The van der Waals surface area contributed by atoms with Gasteiger partial charge in [0.2, 0.25) is 0 Å². The van der Waals surface area contributed by atoms with Crippen molar-refractivity contribution in [1.82, 2.24) is 5.32 Å². The lowest BCUT2D eigenvalue weighted by Crippen LogP contribution is -2.47. The molecular formula is C18H32N2O3Si. The van der Waals surface area contributed by atoms with Gasteiger partial charge in [-0.15, -0.1) is 0 Å². The summed E-state index contributed by atoms with van der Waals surface area (Å²) in [5.41, 5.74) is 6.62. The minimum Gasteiger partial charge on any atom is -0.445 e. The van der Waals surface area contributed by atoms with Gasteiger partial charge in [-0.2, -0.15) is 0 Å². The zero-order valence-electron chi connectivity index (χ0n) is 15.6. The second-order valence-electron chi connectivity index (χ2n) is 7.55. The van der Waals surface area contributed by atoms with Crippen LogP contribution >= 0.6 is 0 Å². The summed E-state index contributed by atoms with van der Waals surface area (Å²) in [6.45, 7) is 12.2. The first-order valence-corrected chi connectivity index (χ1v) is 11.4. The number of amides is 1. The predicted molar refractivity (Wildman–Crippen MR) is 100 cm³/mol. The fourth-order valence-electron chi connectivity index (χ4n) is 1.86. The van der Waals surface area contributed by atoms with Gasteiger partial charge in [0.15, 0.2) is 8.32 Å².